The van der Waals surface area contributed by atoms with Crippen molar-refractivity contribution < 1.29 is 19.1 Å². The summed E-state index contributed by atoms with van der Waals surface area (Å²) in [7, 11) is 1.44. The zero-order valence-electron chi connectivity index (χ0n) is 19.6. The van der Waals surface area contributed by atoms with Crippen LogP contribution in [0.5, 0.6) is 0 Å². The molecule has 0 unspecified atom stereocenters. The third-order valence-corrected chi connectivity index (χ3v) is 7.88. The Balaban J connectivity index is 1.62. The molecule has 0 aromatic carbocycles. The van der Waals surface area contributed by atoms with E-state index in [1.54, 1.807) is 0 Å². The van der Waals surface area contributed by atoms with Gasteiger partial charge in [0.05, 0.1) is 7.11 Å². The summed E-state index contributed by atoms with van der Waals surface area (Å²) < 4.78 is 5.31. The summed E-state index contributed by atoms with van der Waals surface area (Å²) >= 11 is 0. The summed E-state index contributed by atoms with van der Waals surface area (Å²) in [4.78, 5) is 43.6. The normalized spacial score (nSPS) is 28.5. The van der Waals surface area contributed by atoms with E-state index in [-0.39, 0.29) is 24.2 Å². The molecule has 6 heteroatoms. The van der Waals surface area contributed by atoms with Crippen molar-refractivity contribution >= 4 is 17.8 Å². The van der Waals surface area contributed by atoms with Crippen LogP contribution in [0.1, 0.15) is 83.5 Å². The lowest BCUT2D eigenvalue weighted by Crippen LogP contribution is -2.53. The number of esters is 1. The highest BCUT2D eigenvalue weighted by Gasteiger charge is 2.53. The van der Waals surface area contributed by atoms with Gasteiger partial charge in [-0.1, -0.05) is 24.1 Å². The van der Waals surface area contributed by atoms with E-state index < -0.39 is 11.3 Å². The number of methoxy groups -OCH3 is 1. The number of ether oxygens (including phenoxy) is 1. The van der Waals surface area contributed by atoms with E-state index in [1.165, 1.54) is 25.5 Å². The molecular formula is C26H38N2O4. The molecular weight excluding hydrogens is 404 g/mol. The Labute approximate surface area is 192 Å². The molecule has 2 amide bonds. The number of nitrogens with zero attached hydrogens (tertiary/aromatic N) is 2. The zero-order chi connectivity index (χ0) is 22.6. The molecule has 2 saturated heterocycles. The fraction of sp³-hybridized carbons (Fsp3) is 0.731. The van der Waals surface area contributed by atoms with E-state index in [4.69, 9.17) is 4.74 Å². The second-order valence-electron chi connectivity index (χ2n) is 9.95. The molecule has 176 valence electrons. The van der Waals surface area contributed by atoms with Crippen LogP contribution in [0.4, 0.5) is 0 Å². The van der Waals surface area contributed by atoms with Crippen LogP contribution < -0.4 is 0 Å². The van der Waals surface area contributed by atoms with E-state index >= 15 is 0 Å². The van der Waals surface area contributed by atoms with Crippen molar-refractivity contribution in [1.82, 2.24) is 9.80 Å². The Hall–Kier alpha value is -2.11. The van der Waals surface area contributed by atoms with Gasteiger partial charge >= 0.3 is 5.97 Å². The Morgan fingerprint density at radius 1 is 1.06 bits per heavy atom. The van der Waals surface area contributed by atoms with Crippen molar-refractivity contribution in [2.24, 2.45) is 11.3 Å². The molecule has 32 heavy (non-hydrogen) atoms. The monoisotopic (exact) mass is 442 g/mol. The summed E-state index contributed by atoms with van der Waals surface area (Å²) in [6, 6.07) is 0. The van der Waals surface area contributed by atoms with Crippen LogP contribution in [0, 0.1) is 11.3 Å². The Kier molecular flexibility index (Phi) is 7.37. The van der Waals surface area contributed by atoms with Crippen molar-refractivity contribution in [3.63, 3.8) is 0 Å². The minimum atomic E-state index is -0.809. The third kappa shape index (κ3) is 4.65. The maximum Gasteiger partial charge on any atom is 0.317 e. The van der Waals surface area contributed by atoms with Crippen molar-refractivity contribution in [2.75, 3.05) is 26.7 Å². The van der Waals surface area contributed by atoms with Gasteiger partial charge in [-0.2, -0.15) is 0 Å². The van der Waals surface area contributed by atoms with Crippen LogP contribution in [-0.4, -0.2) is 54.3 Å². The number of likely N-dealkylation sites (tertiary alicyclic amines) is 2. The fourth-order valence-electron chi connectivity index (χ4n) is 6.12. The molecule has 0 aromatic heterocycles. The summed E-state index contributed by atoms with van der Waals surface area (Å²) in [6.45, 7) is 2.15. The topological polar surface area (TPSA) is 66.9 Å². The SMILES string of the molecule is COC(=O)[C@]12CCCCC=C1N(CCC1=CCCCC1)C(=O)[C@H](CC(=O)N1CCCC1)C2. The van der Waals surface area contributed by atoms with Crippen LogP contribution in [0.2, 0.25) is 0 Å². The van der Waals surface area contributed by atoms with Crippen LogP contribution in [-0.2, 0) is 19.1 Å². The molecule has 0 spiro atoms. The molecule has 2 fully saturated rings. The Morgan fingerprint density at radius 3 is 2.53 bits per heavy atom. The van der Waals surface area contributed by atoms with E-state index in [9.17, 15) is 14.4 Å². The standard InChI is InChI=1S/C26H38N2O4/c1-32-25(31)26-14-7-3-6-12-22(26)28(17-13-20-10-4-2-5-11-20)24(30)21(19-26)18-23(29)27-15-8-9-16-27/h10,12,21H,2-9,11,13-19H2,1H3/t21-,26+/m1/s1. The third-order valence-electron chi connectivity index (χ3n) is 7.88. The summed E-state index contributed by atoms with van der Waals surface area (Å²) in [5.41, 5.74) is 1.45. The number of piperidine rings is 1. The maximum atomic E-state index is 13.7. The number of carbonyl (C=O) groups excluding carboxylic acids is 3. The van der Waals surface area contributed by atoms with Crippen molar-refractivity contribution in [3.8, 4) is 0 Å². The first-order chi connectivity index (χ1) is 15.5. The highest BCUT2D eigenvalue weighted by molar-refractivity contribution is 5.92. The molecule has 0 bridgehead atoms. The minimum Gasteiger partial charge on any atom is -0.468 e. The van der Waals surface area contributed by atoms with Gasteiger partial charge in [0.15, 0.2) is 0 Å². The molecule has 0 radical (unpaired) electrons. The lowest BCUT2D eigenvalue weighted by atomic mass is 9.69. The maximum absolute atomic E-state index is 13.7. The molecule has 0 aromatic rings. The van der Waals surface area contributed by atoms with Crippen LogP contribution in [0.15, 0.2) is 23.4 Å². The minimum absolute atomic E-state index is 0.0154. The average Bonchev–Trinajstić information content (AvgIpc) is 3.27. The van der Waals surface area contributed by atoms with Crippen molar-refractivity contribution in [3.05, 3.63) is 23.4 Å². The van der Waals surface area contributed by atoms with Crippen LogP contribution in [0.3, 0.4) is 0 Å². The predicted octanol–water partition coefficient (Wildman–Crippen LogP) is 4.36. The summed E-state index contributed by atoms with van der Waals surface area (Å²) in [6.07, 6.45) is 16.1. The van der Waals surface area contributed by atoms with E-state index in [1.807, 2.05) is 9.80 Å². The van der Waals surface area contributed by atoms with Gasteiger partial charge in [-0.25, -0.2) is 0 Å². The first kappa shape index (κ1) is 23.1. The number of hydrogen-bond donors (Lipinski definition) is 0. The highest BCUT2D eigenvalue weighted by atomic mass is 16.5. The largest absolute Gasteiger partial charge is 0.468 e. The van der Waals surface area contributed by atoms with Gasteiger partial charge in [0.25, 0.3) is 0 Å². The lowest BCUT2D eigenvalue weighted by molar-refractivity contribution is -0.160. The molecule has 4 rings (SSSR count). The van der Waals surface area contributed by atoms with Gasteiger partial charge < -0.3 is 14.5 Å². The van der Waals surface area contributed by atoms with Crippen LogP contribution in [0.25, 0.3) is 0 Å². The molecule has 2 aliphatic carbocycles. The molecule has 6 nitrogen and oxygen atoms in total. The number of carbonyl (C=O) groups is 3. The number of amides is 2. The molecule has 2 atom stereocenters. The average molecular weight is 443 g/mol. The van der Waals surface area contributed by atoms with Crippen molar-refractivity contribution in [2.45, 2.75) is 83.5 Å². The second-order valence-corrected chi connectivity index (χ2v) is 9.95. The molecule has 2 aliphatic heterocycles. The van der Waals surface area contributed by atoms with E-state index in [2.05, 4.69) is 12.2 Å². The summed E-state index contributed by atoms with van der Waals surface area (Å²) in [5, 5.41) is 0. The van der Waals surface area contributed by atoms with E-state index in [0.717, 1.165) is 70.2 Å². The lowest BCUT2D eigenvalue weighted by Gasteiger charge is -2.46. The highest BCUT2D eigenvalue weighted by Crippen LogP contribution is 2.49. The zero-order valence-corrected chi connectivity index (χ0v) is 19.6. The van der Waals surface area contributed by atoms with Gasteiger partial charge in [0.2, 0.25) is 11.8 Å². The first-order valence-corrected chi connectivity index (χ1v) is 12.6. The molecule has 0 saturated carbocycles. The number of fused-ring (bicyclic) bond motifs is 1. The quantitative estimate of drug-likeness (QED) is 0.453. The van der Waals surface area contributed by atoms with Gasteiger partial charge in [-0.15, -0.1) is 0 Å². The number of hydrogen-bond acceptors (Lipinski definition) is 4. The first-order valence-electron chi connectivity index (χ1n) is 12.6. The molecule has 2 heterocycles. The molecule has 4 aliphatic rings. The van der Waals surface area contributed by atoms with Gasteiger partial charge in [0, 0.05) is 37.7 Å². The van der Waals surface area contributed by atoms with E-state index in [0.29, 0.717) is 19.4 Å². The molecule has 0 N–H and O–H groups in total. The Morgan fingerprint density at radius 2 is 1.81 bits per heavy atom. The fourth-order valence-corrected chi connectivity index (χ4v) is 6.12. The van der Waals surface area contributed by atoms with Gasteiger partial charge in [-0.3, -0.25) is 14.4 Å². The predicted molar refractivity (Wildman–Crippen MR) is 122 cm³/mol. The number of allylic oxidation sites excluding steroid dienone is 2. The van der Waals surface area contributed by atoms with Crippen molar-refractivity contribution in [1.29, 1.82) is 0 Å². The Bertz CT molecular complexity index is 796. The summed E-state index contributed by atoms with van der Waals surface area (Å²) in [5.74, 6) is -0.644. The van der Waals surface area contributed by atoms with Gasteiger partial charge in [-0.05, 0) is 70.6 Å². The number of rotatable bonds is 6. The smallest absolute Gasteiger partial charge is 0.317 e. The second kappa shape index (κ2) is 10.2. The van der Waals surface area contributed by atoms with Gasteiger partial charge in [0.1, 0.15) is 5.41 Å². The van der Waals surface area contributed by atoms with Crippen LogP contribution >= 0.6 is 0 Å².